The van der Waals surface area contributed by atoms with Gasteiger partial charge >= 0.3 is 0 Å². The van der Waals surface area contributed by atoms with Gasteiger partial charge in [-0.15, -0.1) is 11.3 Å². The summed E-state index contributed by atoms with van der Waals surface area (Å²) in [5.74, 6) is -0.0864. The Morgan fingerprint density at radius 1 is 0.970 bits per heavy atom. The third-order valence-electron chi connectivity index (χ3n) is 6.17. The quantitative estimate of drug-likeness (QED) is 0.668. The smallest absolute Gasteiger partial charge is 0.243 e. The van der Waals surface area contributed by atoms with Crippen molar-refractivity contribution in [1.29, 1.82) is 0 Å². The molecule has 0 unspecified atom stereocenters. The van der Waals surface area contributed by atoms with Gasteiger partial charge < -0.3 is 10.2 Å². The van der Waals surface area contributed by atoms with Crippen LogP contribution in [0.1, 0.15) is 37.8 Å². The highest BCUT2D eigenvalue weighted by Gasteiger charge is 2.25. The minimum Gasteiger partial charge on any atom is -0.347 e. The number of amides is 1. The van der Waals surface area contributed by atoms with Gasteiger partial charge in [0.15, 0.2) is 5.13 Å². The van der Waals surface area contributed by atoms with Gasteiger partial charge in [0, 0.05) is 50.3 Å². The minimum atomic E-state index is -3.48. The number of anilines is 2. The number of nitrogens with zero attached hydrogens (tertiary/aromatic N) is 4. The number of carbonyl (C=O) groups excluding carboxylic acids is 1. The van der Waals surface area contributed by atoms with E-state index in [0.717, 1.165) is 69.1 Å². The molecule has 1 N–H and O–H groups in total. The lowest BCUT2D eigenvalue weighted by Gasteiger charge is -2.21. The van der Waals surface area contributed by atoms with Crippen molar-refractivity contribution in [2.75, 3.05) is 56.0 Å². The Hall–Kier alpha value is -2.01. The first-order chi connectivity index (χ1) is 15.9. The van der Waals surface area contributed by atoms with Crippen molar-refractivity contribution in [3.63, 3.8) is 0 Å². The zero-order chi connectivity index (χ0) is 23.3. The lowest BCUT2D eigenvalue weighted by molar-refractivity contribution is -0.117. The highest BCUT2D eigenvalue weighted by molar-refractivity contribution is 7.89. The highest BCUT2D eigenvalue weighted by Crippen LogP contribution is 2.23. The molecule has 33 heavy (non-hydrogen) atoms. The summed E-state index contributed by atoms with van der Waals surface area (Å²) < 4.78 is 27.4. The Bertz CT molecular complexity index is 1030. The maximum Gasteiger partial charge on any atom is 0.243 e. The zero-order valence-electron chi connectivity index (χ0n) is 19.2. The predicted molar refractivity (Wildman–Crippen MR) is 132 cm³/mol. The highest BCUT2D eigenvalue weighted by atomic mass is 32.2. The van der Waals surface area contributed by atoms with Crippen molar-refractivity contribution < 1.29 is 13.2 Å². The summed E-state index contributed by atoms with van der Waals surface area (Å²) >= 11 is 1.67. The van der Waals surface area contributed by atoms with Crippen LogP contribution in [0.5, 0.6) is 0 Å². The van der Waals surface area contributed by atoms with Crippen LogP contribution in [0.2, 0.25) is 0 Å². The summed E-state index contributed by atoms with van der Waals surface area (Å²) in [6.45, 7) is 6.94. The van der Waals surface area contributed by atoms with Gasteiger partial charge in [-0.2, -0.15) is 4.31 Å². The van der Waals surface area contributed by atoms with Crippen LogP contribution in [0.15, 0.2) is 34.5 Å². The molecule has 10 heteroatoms. The molecular formula is C23H33N5O3S2. The van der Waals surface area contributed by atoms with Gasteiger partial charge in [-0.05, 0) is 50.5 Å². The Balaban J connectivity index is 1.29. The molecule has 0 radical (unpaired) electrons. The fourth-order valence-electron chi connectivity index (χ4n) is 4.35. The lowest BCUT2D eigenvalue weighted by atomic mass is 10.2. The molecule has 4 rings (SSSR count). The number of sulfonamides is 1. The number of aryl methyl sites for hydroxylation is 1. The number of hydrogen-bond donors (Lipinski definition) is 1. The van der Waals surface area contributed by atoms with Crippen LogP contribution in [0.25, 0.3) is 0 Å². The van der Waals surface area contributed by atoms with E-state index in [4.69, 9.17) is 0 Å². The fraction of sp³-hybridized carbons (Fsp3) is 0.565. The van der Waals surface area contributed by atoms with E-state index in [1.165, 1.54) is 0 Å². The summed E-state index contributed by atoms with van der Waals surface area (Å²) in [4.78, 5) is 21.9. The molecule has 2 aliphatic heterocycles. The van der Waals surface area contributed by atoms with E-state index in [9.17, 15) is 13.2 Å². The average molecular weight is 492 g/mol. The monoisotopic (exact) mass is 491 g/mol. The summed E-state index contributed by atoms with van der Waals surface area (Å²) in [5, 5.41) is 6.03. The SMILES string of the molecule is Cc1csc(N2CCCN(CC(=O)Nc3ccc(S(=O)(=O)N4CCCCCC4)cc3)CC2)n1. The van der Waals surface area contributed by atoms with Gasteiger partial charge in [-0.3, -0.25) is 9.69 Å². The molecule has 1 amide bonds. The molecule has 180 valence electrons. The number of rotatable bonds is 6. The first-order valence-electron chi connectivity index (χ1n) is 11.7. The molecule has 0 bridgehead atoms. The molecule has 3 heterocycles. The number of thiazole rings is 1. The maximum absolute atomic E-state index is 12.9. The molecule has 2 fully saturated rings. The van der Waals surface area contributed by atoms with Gasteiger partial charge in [-0.1, -0.05) is 12.8 Å². The summed E-state index contributed by atoms with van der Waals surface area (Å²) in [7, 11) is -3.48. The number of hydrogen-bond acceptors (Lipinski definition) is 7. The zero-order valence-corrected chi connectivity index (χ0v) is 20.8. The molecule has 0 atom stereocenters. The first kappa shape index (κ1) is 24.1. The van der Waals surface area contributed by atoms with Crippen molar-refractivity contribution in [2.45, 2.75) is 43.9 Å². The number of benzene rings is 1. The first-order valence-corrected chi connectivity index (χ1v) is 14.0. The normalized spacial score (nSPS) is 19.1. The van der Waals surface area contributed by atoms with Crippen LogP contribution < -0.4 is 10.2 Å². The third-order valence-corrected chi connectivity index (χ3v) is 9.11. The molecule has 2 aromatic rings. The van der Waals surface area contributed by atoms with Crippen molar-refractivity contribution in [3.05, 3.63) is 35.3 Å². The molecule has 0 spiro atoms. The summed E-state index contributed by atoms with van der Waals surface area (Å²) in [6.07, 6.45) is 4.96. The number of aromatic nitrogens is 1. The average Bonchev–Trinajstić information content (AvgIpc) is 2.99. The molecule has 2 saturated heterocycles. The third kappa shape index (κ3) is 6.32. The summed E-state index contributed by atoms with van der Waals surface area (Å²) in [6, 6.07) is 6.54. The predicted octanol–water partition coefficient (Wildman–Crippen LogP) is 3.17. The molecule has 8 nitrogen and oxygen atoms in total. The van der Waals surface area contributed by atoms with Crippen molar-refractivity contribution in [2.24, 2.45) is 0 Å². The lowest BCUT2D eigenvalue weighted by Crippen LogP contribution is -2.36. The molecule has 0 aliphatic carbocycles. The largest absolute Gasteiger partial charge is 0.347 e. The molecule has 2 aliphatic rings. The van der Waals surface area contributed by atoms with E-state index in [-0.39, 0.29) is 10.8 Å². The van der Waals surface area contributed by atoms with Crippen LogP contribution in [0.4, 0.5) is 10.8 Å². The van der Waals surface area contributed by atoms with Crippen molar-refractivity contribution in [3.8, 4) is 0 Å². The maximum atomic E-state index is 12.9. The van der Waals surface area contributed by atoms with Gasteiger partial charge in [0.25, 0.3) is 0 Å². The van der Waals surface area contributed by atoms with Gasteiger partial charge in [-0.25, -0.2) is 13.4 Å². The van der Waals surface area contributed by atoms with E-state index in [0.29, 0.717) is 25.3 Å². The number of nitrogens with one attached hydrogen (secondary N) is 1. The second-order valence-electron chi connectivity index (χ2n) is 8.78. The fourth-order valence-corrected chi connectivity index (χ4v) is 6.73. The van der Waals surface area contributed by atoms with Gasteiger partial charge in [0.1, 0.15) is 0 Å². The van der Waals surface area contributed by atoms with Gasteiger partial charge in [0.05, 0.1) is 17.1 Å². The van der Waals surface area contributed by atoms with Crippen LogP contribution in [0.3, 0.4) is 0 Å². The second kappa shape index (κ2) is 10.9. The van der Waals surface area contributed by atoms with E-state index in [1.54, 1.807) is 39.9 Å². The molecular weight excluding hydrogens is 458 g/mol. The van der Waals surface area contributed by atoms with E-state index in [2.05, 4.69) is 25.5 Å². The Labute approximate surface area is 200 Å². The van der Waals surface area contributed by atoms with Crippen LogP contribution in [0, 0.1) is 6.92 Å². The van der Waals surface area contributed by atoms with Crippen LogP contribution in [-0.4, -0.2) is 74.3 Å². The van der Waals surface area contributed by atoms with Gasteiger partial charge in [0.2, 0.25) is 15.9 Å². The van der Waals surface area contributed by atoms with Crippen LogP contribution in [-0.2, 0) is 14.8 Å². The van der Waals surface area contributed by atoms with Crippen molar-refractivity contribution >= 4 is 38.1 Å². The van der Waals surface area contributed by atoms with E-state index < -0.39 is 10.0 Å². The number of carbonyl (C=O) groups is 1. The Morgan fingerprint density at radius 2 is 1.70 bits per heavy atom. The Morgan fingerprint density at radius 3 is 2.36 bits per heavy atom. The topological polar surface area (TPSA) is 85.8 Å². The van der Waals surface area contributed by atoms with Crippen molar-refractivity contribution in [1.82, 2.24) is 14.2 Å². The van der Waals surface area contributed by atoms with E-state index >= 15 is 0 Å². The standard InChI is InChI=1S/C23H33N5O3S2/c1-19-18-32-23(24-19)27-12-6-11-26(15-16-27)17-22(29)25-20-7-9-21(10-8-20)33(30,31)28-13-4-2-3-5-14-28/h7-10,18H,2-6,11-17H2,1H3,(H,25,29). The molecule has 1 aromatic heterocycles. The molecule has 0 saturated carbocycles. The minimum absolute atomic E-state index is 0.0864. The second-order valence-corrected chi connectivity index (χ2v) is 11.6. The molecule has 1 aromatic carbocycles. The Kier molecular flexibility index (Phi) is 8.00. The van der Waals surface area contributed by atoms with Crippen LogP contribution >= 0.6 is 11.3 Å². The van der Waals surface area contributed by atoms with E-state index in [1.807, 2.05) is 6.92 Å². The summed E-state index contributed by atoms with van der Waals surface area (Å²) in [5.41, 5.74) is 1.66.